The highest BCUT2D eigenvalue weighted by molar-refractivity contribution is 7.71. The molecule has 0 saturated heterocycles. The third-order valence-electron chi connectivity index (χ3n) is 2.45. The number of H-pyrrole nitrogens is 1. The van der Waals surface area contributed by atoms with Crippen molar-refractivity contribution in [2.45, 2.75) is 6.92 Å². The maximum atomic E-state index is 5.32. The normalized spacial score (nSPS) is 10.7. The Hall–Kier alpha value is -1.79. The van der Waals surface area contributed by atoms with Crippen molar-refractivity contribution in [1.29, 1.82) is 0 Å². The Morgan fingerprint density at radius 1 is 1.28 bits per heavy atom. The number of nitrogens with one attached hydrogen (secondary N) is 1. The molecule has 0 unspecified atom stereocenters. The van der Waals surface area contributed by atoms with Gasteiger partial charge in [0.25, 0.3) is 10.7 Å². The molecule has 0 radical (unpaired) electrons. The lowest BCUT2D eigenvalue weighted by Crippen LogP contribution is -1.78. The molecule has 4 nitrogen and oxygen atoms in total. The number of hydrogen-bond donors (Lipinski definition) is 1. The number of thiazole rings is 1. The molecule has 3 aromatic rings. The van der Waals surface area contributed by atoms with Crippen molar-refractivity contribution in [3.05, 3.63) is 40.9 Å². The Balaban J connectivity index is 2.09. The molecule has 3 rings (SSSR count). The van der Waals surface area contributed by atoms with Crippen molar-refractivity contribution in [3.63, 3.8) is 0 Å². The van der Waals surface area contributed by atoms with Crippen molar-refractivity contribution >= 4 is 23.6 Å². The molecule has 0 atom stereocenters. The minimum Gasteiger partial charge on any atom is -0.408 e. The highest BCUT2D eigenvalue weighted by Crippen LogP contribution is 2.33. The lowest BCUT2D eigenvalue weighted by atomic mass is 10.2. The van der Waals surface area contributed by atoms with Gasteiger partial charge in [-0.3, -0.25) is 0 Å². The summed E-state index contributed by atoms with van der Waals surface area (Å²) in [5.74, 6) is 0.497. The molecule has 0 aliphatic carbocycles. The van der Waals surface area contributed by atoms with Gasteiger partial charge in [-0.25, -0.2) is 10.1 Å². The number of aromatic nitrogens is 3. The van der Waals surface area contributed by atoms with Crippen LogP contribution in [0, 0.1) is 11.8 Å². The van der Waals surface area contributed by atoms with Crippen LogP contribution in [0.1, 0.15) is 5.69 Å². The fourth-order valence-electron chi connectivity index (χ4n) is 1.63. The average Bonchev–Trinajstić information content (AvgIpc) is 2.97. The summed E-state index contributed by atoms with van der Waals surface area (Å²) in [5, 5.41) is 7.60. The predicted molar refractivity (Wildman–Crippen MR) is 73.0 cm³/mol. The van der Waals surface area contributed by atoms with Crippen molar-refractivity contribution in [1.82, 2.24) is 15.2 Å². The Morgan fingerprint density at radius 2 is 2.06 bits per heavy atom. The van der Waals surface area contributed by atoms with Crippen molar-refractivity contribution in [2.75, 3.05) is 0 Å². The summed E-state index contributed by atoms with van der Waals surface area (Å²) in [6.07, 6.45) is 0. The smallest absolute Gasteiger partial charge is 0.284 e. The molecule has 0 fully saturated rings. The third kappa shape index (κ3) is 2.00. The number of aromatic amines is 1. The van der Waals surface area contributed by atoms with E-state index in [4.69, 9.17) is 16.6 Å². The van der Waals surface area contributed by atoms with Gasteiger partial charge in [-0.2, -0.15) is 0 Å². The van der Waals surface area contributed by atoms with Gasteiger partial charge in [0.1, 0.15) is 9.88 Å². The van der Waals surface area contributed by atoms with Gasteiger partial charge in [-0.1, -0.05) is 30.3 Å². The van der Waals surface area contributed by atoms with Gasteiger partial charge in [0, 0.05) is 5.56 Å². The summed E-state index contributed by atoms with van der Waals surface area (Å²) in [5.41, 5.74) is 1.98. The minimum atomic E-state index is 0.277. The van der Waals surface area contributed by atoms with E-state index in [0.29, 0.717) is 5.89 Å². The van der Waals surface area contributed by atoms with E-state index in [1.165, 1.54) is 0 Å². The van der Waals surface area contributed by atoms with Gasteiger partial charge in [0.15, 0.2) is 0 Å². The van der Waals surface area contributed by atoms with E-state index < -0.39 is 0 Å². The number of nitrogens with zero attached hydrogens (tertiary/aromatic N) is 2. The molecule has 1 N–H and O–H groups in total. The van der Waals surface area contributed by atoms with E-state index in [-0.39, 0.29) is 4.84 Å². The monoisotopic (exact) mass is 275 g/mol. The molecule has 1 aromatic carbocycles. The second-order valence-corrected chi connectivity index (χ2v) is 5.09. The first-order valence-electron chi connectivity index (χ1n) is 5.33. The molecular formula is C12H9N3OS2. The van der Waals surface area contributed by atoms with Gasteiger partial charge >= 0.3 is 0 Å². The van der Waals surface area contributed by atoms with E-state index in [9.17, 15) is 0 Å². The summed E-state index contributed by atoms with van der Waals surface area (Å²) in [4.78, 5) is 5.72. The van der Waals surface area contributed by atoms with Crippen LogP contribution in [-0.4, -0.2) is 15.2 Å². The second-order valence-electron chi connectivity index (χ2n) is 3.72. The van der Waals surface area contributed by atoms with Crippen LogP contribution in [0.4, 0.5) is 0 Å². The lowest BCUT2D eigenvalue weighted by molar-refractivity contribution is 0.553. The quantitative estimate of drug-likeness (QED) is 0.722. The first-order chi connectivity index (χ1) is 8.74. The summed E-state index contributed by atoms with van der Waals surface area (Å²) in [7, 11) is 0. The van der Waals surface area contributed by atoms with Gasteiger partial charge in [0.05, 0.1) is 5.69 Å². The van der Waals surface area contributed by atoms with Crippen LogP contribution in [0.15, 0.2) is 34.7 Å². The average molecular weight is 275 g/mol. The standard InChI is InChI=1S/C12H9N3OS2/c1-7-9(10-14-15-12(17)16-10)18-11(13-7)8-5-3-2-4-6-8/h2-6H,1H3,(H,15,17). The molecule has 0 saturated carbocycles. The molecule has 90 valence electrons. The summed E-state index contributed by atoms with van der Waals surface area (Å²) < 4.78 is 5.32. The zero-order chi connectivity index (χ0) is 12.5. The van der Waals surface area contributed by atoms with Crippen LogP contribution in [0.5, 0.6) is 0 Å². The third-order valence-corrected chi connectivity index (χ3v) is 3.82. The van der Waals surface area contributed by atoms with E-state index >= 15 is 0 Å². The fourth-order valence-corrected chi connectivity index (χ4v) is 2.75. The van der Waals surface area contributed by atoms with E-state index in [1.54, 1.807) is 11.3 Å². The zero-order valence-electron chi connectivity index (χ0n) is 9.51. The molecule has 0 aliphatic heterocycles. The number of benzene rings is 1. The number of aryl methyl sites for hydroxylation is 1. The van der Waals surface area contributed by atoms with Crippen LogP contribution in [0.3, 0.4) is 0 Å². The van der Waals surface area contributed by atoms with Gasteiger partial charge < -0.3 is 4.42 Å². The van der Waals surface area contributed by atoms with Crippen LogP contribution in [-0.2, 0) is 0 Å². The molecule has 18 heavy (non-hydrogen) atoms. The predicted octanol–water partition coefficient (Wildman–Crippen LogP) is 3.83. The Morgan fingerprint density at radius 3 is 2.72 bits per heavy atom. The number of rotatable bonds is 2. The number of hydrogen-bond acceptors (Lipinski definition) is 5. The van der Waals surface area contributed by atoms with Crippen molar-refractivity contribution in [2.24, 2.45) is 0 Å². The SMILES string of the molecule is Cc1nc(-c2ccccc2)sc1-c1n[nH]c(=S)o1. The second kappa shape index (κ2) is 4.47. The Kier molecular flexibility index (Phi) is 2.81. The maximum Gasteiger partial charge on any atom is 0.284 e. The summed E-state index contributed by atoms with van der Waals surface area (Å²) in [6.45, 7) is 1.94. The van der Waals surface area contributed by atoms with Crippen molar-refractivity contribution < 1.29 is 4.42 Å². The minimum absolute atomic E-state index is 0.277. The van der Waals surface area contributed by atoms with Crippen LogP contribution in [0.25, 0.3) is 21.3 Å². The molecule has 0 aliphatic rings. The van der Waals surface area contributed by atoms with E-state index in [0.717, 1.165) is 21.1 Å². The van der Waals surface area contributed by atoms with Crippen molar-refractivity contribution in [3.8, 4) is 21.3 Å². The van der Waals surface area contributed by atoms with E-state index in [2.05, 4.69) is 15.2 Å². The molecule has 0 bridgehead atoms. The van der Waals surface area contributed by atoms with Crippen LogP contribution in [0.2, 0.25) is 0 Å². The molecule has 2 aromatic heterocycles. The fraction of sp³-hybridized carbons (Fsp3) is 0.0833. The first kappa shape index (κ1) is 11.3. The first-order valence-corrected chi connectivity index (χ1v) is 6.55. The van der Waals surface area contributed by atoms with Gasteiger partial charge in [0.2, 0.25) is 0 Å². The van der Waals surface area contributed by atoms with Crippen LogP contribution >= 0.6 is 23.6 Å². The highest BCUT2D eigenvalue weighted by Gasteiger charge is 2.14. The summed E-state index contributed by atoms with van der Waals surface area (Å²) in [6, 6.07) is 10.0. The Bertz CT molecular complexity index is 727. The van der Waals surface area contributed by atoms with E-state index in [1.807, 2.05) is 37.3 Å². The molecule has 0 spiro atoms. The highest BCUT2D eigenvalue weighted by atomic mass is 32.1. The van der Waals surface area contributed by atoms with Gasteiger partial charge in [-0.15, -0.1) is 16.4 Å². The molecule has 6 heteroatoms. The largest absolute Gasteiger partial charge is 0.408 e. The van der Waals surface area contributed by atoms with Gasteiger partial charge in [-0.05, 0) is 19.1 Å². The Labute approximate surface area is 112 Å². The van der Waals surface area contributed by atoms with Crippen LogP contribution < -0.4 is 0 Å². The zero-order valence-corrected chi connectivity index (χ0v) is 11.1. The molecule has 0 amide bonds. The lowest BCUT2D eigenvalue weighted by Gasteiger charge is -1.92. The topological polar surface area (TPSA) is 54.7 Å². The molecule has 2 heterocycles. The molecular weight excluding hydrogens is 266 g/mol. The summed E-state index contributed by atoms with van der Waals surface area (Å²) >= 11 is 6.42. The maximum absolute atomic E-state index is 5.32.